The molecule has 0 bridgehead atoms. The third-order valence-electron chi connectivity index (χ3n) is 2.58. The van der Waals surface area contributed by atoms with Crippen molar-refractivity contribution in [1.82, 2.24) is 9.97 Å². The van der Waals surface area contributed by atoms with Crippen LogP contribution in [-0.4, -0.2) is 9.97 Å². The number of nitrogen functional groups attached to an aromatic ring is 1. The number of aromatic nitrogens is 2. The Kier molecular flexibility index (Phi) is 3.78. The van der Waals surface area contributed by atoms with Crippen LogP contribution in [0, 0.1) is 0 Å². The number of rotatable bonds is 3. The zero-order valence-electron chi connectivity index (χ0n) is 10.6. The number of para-hydroxylation sites is 1. The van der Waals surface area contributed by atoms with Gasteiger partial charge in [-0.25, -0.2) is 4.98 Å². The van der Waals surface area contributed by atoms with E-state index in [-0.39, 0.29) is 5.88 Å². The second-order valence-electron chi connectivity index (χ2n) is 4.01. The topological polar surface area (TPSA) is 61.0 Å². The highest BCUT2D eigenvalue weighted by atomic mass is 19.4. The Labute approximate surface area is 113 Å². The summed E-state index contributed by atoms with van der Waals surface area (Å²) in [7, 11) is 0. The minimum atomic E-state index is -4.60. The van der Waals surface area contributed by atoms with Crippen molar-refractivity contribution < 1.29 is 17.9 Å². The number of hydrogen-bond acceptors (Lipinski definition) is 4. The van der Waals surface area contributed by atoms with Crippen molar-refractivity contribution in [2.45, 2.75) is 19.5 Å². The van der Waals surface area contributed by atoms with Gasteiger partial charge in [-0.05, 0) is 18.1 Å². The molecular weight excluding hydrogens is 271 g/mol. The van der Waals surface area contributed by atoms with Crippen LogP contribution in [0.15, 0.2) is 30.3 Å². The van der Waals surface area contributed by atoms with E-state index in [4.69, 9.17) is 10.5 Å². The van der Waals surface area contributed by atoms with Gasteiger partial charge >= 0.3 is 6.18 Å². The van der Waals surface area contributed by atoms with Gasteiger partial charge in [0, 0.05) is 6.07 Å². The van der Waals surface area contributed by atoms with Gasteiger partial charge in [0.25, 0.3) is 0 Å². The van der Waals surface area contributed by atoms with E-state index in [2.05, 4.69) is 9.97 Å². The molecule has 106 valence electrons. The Bertz CT molecular complexity index is 614. The maximum atomic E-state index is 12.6. The summed E-state index contributed by atoms with van der Waals surface area (Å²) in [5, 5.41) is 0. The molecule has 0 spiro atoms. The summed E-state index contributed by atoms with van der Waals surface area (Å²) < 4.78 is 43.3. The molecular formula is C13H12F3N3O. The molecule has 0 amide bonds. The van der Waals surface area contributed by atoms with E-state index >= 15 is 0 Å². The van der Waals surface area contributed by atoms with E-state index in [1.165, 1.54) is 0 Å². The van der Waals surface area contributed by atoms with Gasteiger partial charge < -0.3 is 10.5 Å². The highest BCUT2D eigenvalue weighted by Crippen LogP contribution is 2.31. The van der Waals surface area contributed by atoms with Crippen LogP contribution in [0.25, 0.3) is 0 Å². The molecule has 0 aliphatic heterocycles. The maximum Gasteiger partial charge on any atom is 0.433 e. The first-order chi connectivity index (χ1) is 9.40. The molecule has 2 N–H and O–H groups in total. The predicted molar refractivity (Wildman–Crippen MR) is 67.3 cm³/mol. The first-order valence-electron chi connectivity index (χ1n) is 5.87. The fourth-order valence-electron chi connectivity index (χ4n) is 1.65. The SMILES string of the molecule is CCc1ccccc1Oc1cc(C(F)(F)F)nc(N)n1. The van der Waals surface area contributed by atoms with Crippen molar-refractivity contribution in [1.29, 1.82) is 0 Å². The fourth-order valence-corrected chi connectivity index (χ4v) is 1.65. The molecule has 2 rings (SSSR count). The molecule has 0 saturated heterocycles. The molecule has 0 aliphatic rings. The Balaban J connectivity index is 2.36. The smallest absolute Gasteiger partial charge is 0.433 e. The predicted octanol–water partition coefficient (Wildman–Crippen LogP) is 3.43. The lowest BCUT2D eigenvalue weighted by atomic mass is 10.1. The number of ether oxygens (including phenoxy) is 1. The highest BCUT2D eigenvalue weighted by molar-refractivity contribution is 5.37. The van der Waals surface area contributed by atoms with Crippen LogP contribution in [0.3, 0.4) is 0 Å². The van der Waals surface area contributed by atoms with E-state index in [1.54, 1.807) is 12.1 Å². The molecule has 1 aromatic heterocycles. The van der Waals surface area contributed by atoms with E-state index in [0.29, 0.717) is 12.2 Å². The largest absolute Gasteiger partial charge is 0.439 e. The van der Waals surface area contributed by atoms with Gasteiger partial charge in [-0.2, -0.15) is 18.2 Å². The van der Waals surface area contributed by atoms with E-state index in [1.807, 2.05) is 19.1 Å². The van der Waals surface area contributed by atoms with Crippen LogP contribution in [-0.2, 0) is 12.6 Å². The third-order valence-corrected chi connectivity index (χ3v) is 2.58. The molecule has 0 unspecified atom stereocenters. The van der Waals surface area contributed by atoms with Gasteiger partial charge in [-0.1, -0.05) is 25.1 Å². The summed E-state index contributed by atoms with van der Waals surface area (Å²) in [6, 6.07) is 7.75. The Morgan fingerprint density at radius 2 is 1.90 bits per heavy atom. The number of benzene rings is 1. The number of hydrogen-bond donors (Lipinski definition) is 1. The molecule has 1 heterocycles. The van der Waals surface area contributed by atoms with Crippen LogP contribution in [0.2, 0.25) is 0 Å². The number of alkyl halides is 3. The number of nitrogens with zero attached hydrogens (tertiary/aromatic N) is 2. The molecule has 0 aliphatic carbocycles. The summed E-state index contributed by atoms with van der Waals surface area (Å²) in [5.41, 5.74) is 5.01. The Morgan fingerprint density at radius 1 is 1.20 bits per heavy atom. The third kappa shape index (κ3) is 3.17. The van der Waals surface area contributed by atoms with Crippen LogP contribution in [0.5, 0.6) is 11.6 Å². The maximum absolute atomic E-state index is 12.6. The van der Waals surface area contributed by atoms with Gasteiger partial charge in [0.1, 0.15) is 5.75 Å². The molecule has 0 atom stereocenters. The van der Waals surface area contributed by atoms with E-state index in [0.717, 1.165) is 11.6 Å². The average molecular weight is 283 g/mol. The van der Waals surface area contributed by atoms with Crippen LogP contribution in [0.4, 0.5) is 19.1 Å². The van der Waals surface area contributed by atoms with Crippen LogP contribution < -0.4 is 10.5 Å². The van der Waals surface area contributed by atoms with Gasteiger partial charge in [0.15, 0.2) is 5.69 Å². The first kappa shape index (κ1) is 14.1. The van der Waals surface area contributed by atoms with Crippen molar-refractivity contribution in [3.8, 4) is 11.6 Å². The molecule has 0 radical (unpaired) electrons. The number of aryl methyl sites for hydroxylation is 1. The van der Waals surface area contributed by atoms with Gasteiger partial charge in [0.05, 0.1) is 0 Å². The van der Waals surface area contributed by atoms with Crippen LogP contribution >= 0.6 is 0 Å². The summed E-state index contributed by atoms with van der Waals surface area (Å²) in [5.74, 6) is -0.268. The molecule has 0 saturated carbocycles. The summed E-state index contributed by atoms with van der Waals surface area (Å²) in [6.07, 6.45) is -3.91. The summed E-state index contributed by atoms with van der Waals surface area (Å²) >= 11 is 0. The zero-order valence-corrected chi connectivity index (χ0v) is 10.6. The molecule has 0 fully saturated rings. The van der Waals surface area contributed by atoms with Crippen molar-refractivity contribution in [2.24, 2.45) is 0 Å². The molecule has 1 aromatic carbocycles. The normalized spacial score (nSPS) is 11.4. The minimum absolute atomic E-state index is 0.231. The minimum Gasteiger partial charge on any atom is -0.439 e. The van der Waals surface area contributed by atoms with Crippen molar-refractivity contribution in [2.75, 3.05) is 5.73 Å². The second kappa shape index (κ2) is 5.36. The number of nitrogens with two attached hydrogens (primary N) is 1. The lowest BCUT2D eigenvalue weighted by Crippen LogP contribution is -2.11. The fraction of sp³-hybridized carbons (Fsp3) is 0.231. The quantitative estimate of drug-likeness (QED) is 0.937. The van der Waals surface area contributed by atoms with Gasteiger partial charge in [-0.15, -0.1) is 0 Å². The Morgan fingerprint density at radius 3 is 2.55 bits per heavy atom. The highest BCUT2D eigenvalue weighted by Gasteiger charge is 2.33. The van der Waals surface area contributed by atoms with Crippen molar-refractivity contribution in [3.63, 3.8) is 0 Å². The van der Waals surface area contributed by atoms with E-state index in [9.17, 15) is 13.2 Å². The summed E-state index contributed by atoms with van der Waals surface area (Å²) in [4.78, 5) is 6.81. The van der Waals surface area contributed by atoms with Gasteiger partial charge in [0.2, 0.25) is 11.8 Å². The number of anilines is 1. The van der Waals surface area contributed by atoms with Crippen LogP contribution in [0.1, 0.15) is 18.2 Å². The van der Waals surface area contributed by atoms with E-state index < -0.39 is 17.8 Å². The number of halogens is 3. The average Bonchev–Trinajstić information content (AvgIpc) is 2.37. The molecule has 2 aromatic rings. The molecule has 20 heavy (non-hydrogen) atoms. The first-order valence-corrected chi connectivity index (χ1v) is 5.87. The lowest BCUT2D eigenvalue weighted by molar-refractivity contribution is -0.141. The second-order valence-corrected chi connectivity index (χ2v) is 4.01. The van der Waals surface area contributed by atoms with Crippen molar-refractivity contribution >= 4 is 5.95 Å². The molecule has 7 heteroatoms. The lowest BCUT2D eigenvalue weighted by Gasteiger charge is -2.11. The zero-order chi connectivity index (χ0) is 14.8. The standard InChI is InChI=1S/C13H12F3N3O/c1-2-8-5-3-4-6-9(8)20-11-7-10(13(14,15)16)18-12(17)19-11/h3-7H,2H2,1H3,(H2,17,18,19). The van der Waals surface area contributed by atoms with Gasteiger partial charge in [-0.3, -0.25) is 0 Å². The monoisotopic (exact) mass is 283 g/mol. The Hall–Kier alpha value is -2.31. The molecule has 4 nitrogen and oxygen atoms in total. The summed E-state index contributed by atoms with van der Waals surface area (Å²) in [6.45, 7) is 1.91. The van der Waals surface area contributed by atoms with Crippen molar-refractivity contribution in [3.05, 3.63) is 41.6 Å².